The van der Waals surface area contributed by atoms with Crippen LogP contribution in [0.5, 0.6) is 11.5 Å². The Labute approximate surface area is 162 Å². The molecule has 1 aliphatic carbocycles. The first-order chi connectivity index (χ1) is 13.0. The van der Waals surface area contributed by atoms with Crippen molar-refractivity contribution in [2.45, 2.75) is 77.9 Å². The van der Waals surface area contributed by atoms with Gasteiger partial charge in [-0.1, -0.05) is 38.0 Å². The van der Waals surface area contributed by atoms with Gasteiger partial charge in [-0.2, -0.15) is 0 Å². The zero-order valence-corrected chi connectivity index (χ0v) is 16.7. The highest BCUT2D eigenvalue weighted by molar-refractivity contribution is 5.96. The molecule has 0 bridgehead atoms. The molecule has 0 N–H and O–H groups in total. The van der Waals surface area contributed by atoms with E-state index in [1.54, 1.807) is 6.92 Å². The van der Waals surface area contributed by atoms with E-state index in [2.05, 4.69) is 26.5 Å². The van der Waals surface area contributed by atoms with E-state index in [-0.39, 0.29) is 11.9 Å². The maximum atomic E-state index is 12.7. The molecule has 0 saturated carbocycles. The average Bonchev–Trinajstić information content (AvgIpc) is 2.61. The number of hydrogen-bond donors (Lipinski definition) is 0. The molecule has 0 saturated heterocycles. The van der Waals surface area contributed by atoms with Gasteiger partial charge in [0.15, 0.2) is 0 Å². The number of esters is 1. The molecule has 0 amide bonds. The molecule has 4 heteroatoms. The van der Waals surface area contributed by atoms with E-state index in [0.29, 0.717) is 11.3 Å². The van der Waals surface area contributed by atoms with E-state index in [1.807, 2.05) is 6.07 Å². The number of ether oxygens (including phenoxy) is 3. The fourth-order valence-corrected chi connectivity index (χ4v) is 4.09. The van der Waals surface area contributed by atoms with Crippen LogP contribution < -0.4 is 9.47 Å². The van der Waals surface area contributed by atoms with Crippen LogP contribution in [0, 0.1) is 0 Å². The average molecular weight is 370 g/mol. The number of rotatable bonds is 7. The maximum absolute atomic E-state index is 12.7. The fourth-order valence-electron chi connectivity index (χ4n) is 4.09. The molecule has 146 valence electrons. The summed E-state index contributed by atoms with van der Waals surface area (Å²) in [7, 11) is 0. The van der Waals surface area contributed by atoms with Gasteiger partial charge >= 0.3 is 5.97 Å². The van der Waals surface area contributed by atoms with E-state index in [4.69, 9.17) is 14.2 Å². The Balaban J connectivity index is 2.15. The van der Waals surface area contributed by atoms with Crippen molar-refractivity contribution < 1.29 is 19.0 Å². The van der Waals surface area contributed by atoms with Gasteiger partial charge < -0.3 is 14.2 Å². The molecule has 3 rings (SSSR count). The van der Waals surface area contributed by atoms with Gasteiger partial charge in [0.25, 0.3) is 0 Å². The van der Waals surface area contributed by atoms with Crippen molar-refractivity contribution in [2.75, 3.05) is 0 Å². The summed E-state index contributed by atoms with van der Waals surface area (Å²) >= 11 is 0. The normalized spacial score (nSPS) is 21.6. The highest BCUT2D eigenvalue weighted by atomic mass is 16.7. The van der Waals surface area contributed by atoms with E-state index in [9.17, 15) is 4.79 Å². The number of carbonyl (C=O) groups excluding carboxylic acids is 1. The predicted molar refractivity (Wildman–Crippen MR) is 106 cm³/mol. The number of aryl methyl sites for hydroxylation is 1. The second-order valence-electron chi connectivity index (χ2n) is 7.50. The molecule has 0 aromatic heterocycles. The highest BCUT2D eigenvalue weighted by Crippen LogP contribution is 2.47. The van der Waals surface area contributed by atoms with Gasteiger partial charge in [-0.05, 0) is 50.7 Å². The molecule has 2 atom stereocenters. The summed E-state index contributed by atoms with van der Waals surface area (Å²) in [4.78, 5) is 12.7. The van der Waals surface area contributed by atoms with Gasteiger partial charge in [-0.15, -0.1) is 0 Å². The molecule has 0 fully saturated rings. The van der Waals surface area contributed by atoms with Crippen molar-refractivity contribution in [3.63, 3.8) is 0 Å². The zero-order valence-electron chi connectivity index (χ0n) is 16.7. The monoisotopic (exact) mass is 370 g/mol. The van der Waals surface area contributed by atoms with Crippen LogP contribution >= 0.6 is 0 Å². The highest BCUT2D eigenvalue weighted by Gasteiger charge is 2.34. The predicted octanol–water partition coefficient (Wildman–Crippen LogP) is 6.05. The Bertz CT molecular complexity index is 747. The van der Waals surface area contributed by atoms with Gasteiger partial charge in [-0.25, -0.2) is 4.79 Å². The first kappa shape index (κ1) is 19.5. The molecule has 1 aromatic carbocycles. The molecule has 1 aromatic rings. The number of carbonyl (C=O) groups is 1. The van der Waals surface area contributed by atoms with Crippen LogP contribution in [0.15, 0.2) is 30.6 Å². The smallest absolute Gasteiger partial charge is 0.345 e. The Hall–Kier alpha value is -2.23. The lowest BCUT2D eigenvalue weighted by atomic mass is 9.83. The van der Waals surface area contributed by atoms with Crippen molar-refractivity contribution >= 4 is 5.97 Å². The largest absolute Gasteiger partial charge is 0.465 e. The number of unbranched alkanes of at least 4 members (excludes halogenated alkanes) is 2. The Morgan fingerprint density at radius 2 is 2.15 bits per heavy atom. The van der Waals surface area contributed by atoms with E-state index in [0.717, 1.165) is 61.8 Å². The summed E-state index contributed by atoms with van der Waals surface area (Å²) in [5, 5.41) is 0. The molecule has 27 heavy (non-hydrogen) atoms. The van der Waals surface area contributed by atoms with Crippen molar-refractivity contribution in [1.82, 2.24) is 0 Å². The molecule has 4 nitrogen and oxygen atoms in total. The number of cyclic esters (lactones) is 1. The van der Waals surface area contributed by atoms with Gasteiger partial charge in [0.2, 0.25) is 6.29 Å². The Morgan fingerprint density at radius 3 is 2.85 bits per heavy atom. The molecule has 1 aliphatic heterocycles. The van der Waals surface area contributed by atoms with Crippen LogP contribution in [-0.2, 0) is 11.2 Å². The standard InChI is InChI=1S/C23H30O4/c1-5-7-8-11-18-14-19(25-6-2)20(17-12-9-10-15(3)13-17)22-21(18)23(24)27-16(4)26-22/h6,13-14,16-17H,2,5,7-12H2,1,3-4H3/t16?,17-/m0/s1. The van der Waals surface area contributed by atoms with Gasteiger partial charge in [0.1, 0.15) is 17.1 Å². The van der Waals surface area contributed by atoms with Crippen LogP contribution in [0.4, 0.5) is 0 Å². The lowest BCUT2D eigenvalue weighted by molar-refractivity contribution is -0.0497. The summed E-state index contributed by atoms with van der Waals surface area (Å²) in [6.45, 7) is 9.81. The van der Waals surface area contributed by atoms with Crippen LogP contribution in [0.2, 0.25) is 0 Å². The number of allylic oxidation sites excluding steroid dienone is 2. The van der Waals surface area contributed by atoms with Crippen LogP contribution in [-0.4, -0.2) is 12.3 Å². The van der Waals surface area contributed by atoms with E-state index >= 15 is 0 Å². The van der Waals surface area contributed by atoms with Crippen LogP contribution in [0.1, 0.15) is 86.7 Å². The van der Waals surface area contributed by atoms with Gasteiger partial charge in [0.05, 0.1) is 6.26 Å². The Kier molecular flexibility index (Phi) is 6.25. The molecule has 0 spiro atoms. The summed E-state index contributed by atoms with van der Waals surface area (Å²) in [5.41, 5.74) is 3.83. The molecular formula is C23H30O4. The van der Waals surface area contributed by atoms with Crippen molar-refractivity contribution in [3.05, 3.63) is 47.2 Å². The third-order valence-electron chi connectivity index (χ3n) is 5.33. The first-order valence-corrected chi connectivity index (χ1v) is 10.1. The zero-order chi connectivity index (χ0) is 19.4. The molecular weight excluding hydrogens is 340 g/mol. The third kappa shape index (κ3) is 4.20. The van der Waals surface area contributed by atoms with Gasteiger partial charge in [-0.3, -0.25) is 0 Å². The number of hydrogen-bond acceptors (Lipinski definition) is 4. The lowest BCUT2D eigenvalue weighted by Gasteiger charge is -2.31. The lowest BCUT2D eigenvalue weighted by Crippen LogP contribution is -2.29. The number of fused-ring (bicyclic) bond motifs is 1. The Morgan fingerprint density at radius 1 is 1.33 bits per heavy atom. The van der Waals surface area contributed by atoms with Crippen molar-refractivity contribution in [1.29, 1.82) is 0 Å². The number of benzene rings is 1. The fraction of sp³-hybridized carbons (Fsp3) is 0.522. The first-order valence-electron chi connectivity index (χ1n) is 10.1. The minimum atomic E-state index is -0.597. The molecule has 1 heterocycles. The van der Waals surface area contributed by atoms with E-state index in [1.165, 1.54) is 11.8 Å². The van der Waals surface area contributed by atoms with Crippen molar-refractivity contribution in [3.8, 4) is 11.5 Å². The minimum Gasteiger partial charge on any atom is -0.465 e. The summed E-state index contributed by atoms with van der Waals surface area (Å²) < 4.78 is 17.3. The van der Waals surface area contributed by atoms with Crippen molar-refractivity contribution in [2.24, 2.45) is 0 Å². The maximum Gasteiger partial charge on any atom is 0.345 e. The second-order valence-corrected chi connectivity index (χ2v) is 7.50. The summed E-state index contributed by atoms with van der Waals surface area (Å²) in [6.07, 6.45) is 10.4. The molecule has 1 unspecified atom stereocenters. The van der Waals surface area contributed by atoms with Gasteiger partial charge in [0, 0.05) is 18.4 Å². The minimum absolute atomic E-state index is 0.172. The molecule has 2 aliphatic rings. The third-order valence-corrected chi connectivity index (χ3v) is 5.33. The van der Waals surface area contributed by atoms with E-state index < -0.39 is 6.29 Å². The second kappa shape index (κ2) is 8.64. The summed E-state index contributed by atoms with van der Waals surface area (Å²) in [6, 6.07) is 1.99. The SMILES string of the molecule is C=COc1cc(CCCCC)c2c(c1[C@@H]1C=C(C)CCC1)OC(C)OC2=O. The quantitative estimate of drug-likeness (QED) is 0.254. The molecule has 0 radical (unpaired) electrons. The topological polar surface area (TPSA) is 44.8 Å². The summed E-state index contributed by atoms with van der Waals surface area (Å²) in [5.74, 6) is 1.26. The van der Waals surface area contributed by atoms with Crippen LogP contribution in [0.3, 0.4) is 0 Å². The van der Waals surface area contributed by atoms with Crippen LogP contribution in [0.25, 0.3) is 0 Å².